The minimum Gasteiger partial charge on any atom is -0.303 e. The Bertz CT molecular complexity index is 378. The van der Waals surface area contributed by atoms with Crippen LogP contribution < -0.4 is 11.1 Å². The van der Waals surface area contributed by atoms with Gasteiger partial charge in [0.05, 0.1) is 0 Å². The maximum Gasteiger partial charge on any atom is 0.330 e. The second-order valence-corrected chi connectivity index (χ2v) is 2.06. The number of nitrogens with one attached hydrogen (secondary N) is 1. The molecule has 1 aromatic heterocycles. The van der Waals surface area contributed by atoms with Crippen molar-refractivity contribution in [3.8, 4) is 0 Å². The van der Waals surface area contributed by atoms with Crippen LogP contribution in [0, 0.1) is 6.33 Å². The number of aromatic nitrogens is 3. The number of nitrogens with zero attached hydrogens (tertiary/aromatic N) is 2. The Kier molecular flexibility index (Phi) is 2.52. The van der Waals surface area contributed by atoms with Gasteiger partial charge in [0.2, 0.25) is 6.33 Å². The molecular formula is C6H6N3O3. The zero-order chi connectivity index (χ0) is 8.97. The van der Waals surface area contributed by atoms with E-state index in [0.717, 1.165) is 4.57 Å². The number of H-pyrrole nitrogens is 1. The van der Waals surface area contributed by atoms with Crippen molar-refractivity contribution in [1.29, 1.82) is 0 Å². The number of rotatable bonds is 3. The molecule has 0 saturated carbocycles. The standard InChI is InChI=1S/C6H6N3O3/c10-3-1-2-9-4-7-8-5(11)6(9)12/h3H,1-2H2,(H,8,11). The normalized spacial score (nSPS) is 9.67. The van der Waals surface area contributed by atoms with E-state index in [0.29, 0.717) is 6.29 Å². The molecule has 0 fully saturated rings. The monoisotopic (exact) mass is 168 g/mol. The fraction of sp³-hybridized carbons (Fsp3) is 0.333. The van der Waals surface area contributed by atoms with Crippen molar-refractivity contribution in [2.75, 3.05) is 0 Å². The minimum absolute atomic E-state index is 0.138. The molecule has 1 N–H and O–H groups in total. The molecule has 12 heavy (non-hydrogen) atoms. The van der Waals surface area contributed by atoms with E-state index in [4.69, 9.17) is 0 Å². The van der Waals surface area contributed by atoms with Crippen LogP contribution in [0.3, 0.4) is 0 Å². The quantitative estimate of drug-likeness (QED) is 0.431. The largest absolute Gasteiger partial charge is 0.330 e. The van der Waals surface area contributed by atoms with Gasteiger partial charge < -0.3 is 4.79 Å². The van der Waals surface area contributed by atoms with E-state index in [1.165, 1.54) is 0 Å². The highest BCUT2D eigenvalue weighted by Crippen LogP contribution is 1.76. The number of carbonyl (C=O) groups excluding carboxylic acids is 1. The zero-order valence-electron chi connectivity index (χ0n) is 6.11. The smallest absolute Gasteiger partial charge is 0.303 e. The van der Waals surface area contributed by atoms with E-state index in [-0.39, 0.29) is 13.0 Å². The number of carbonyl (C=O) groups is 1. The van der Waals surface area contributed by atoms with Gasteiger partial charge in [0.1, 0.15) is 6.29 Å². The van der Waals surface area contributed by atoms with Gasteiger partial charge in [0, 0.05) is 13.0 Å². The second-order valence-electron chi connectivity index (χ2n) is 2.06. The van der Waals surface area contributed by atoms with Crippen LogP contribution in [0.2, 0.25) is 0 Å². The Morgan fingerprint density at radius 2 is 2.33 bits per heavy atom. The topological polar surface area (TPSA) is 84.8 Å². The molecule has 1 rings (SSSR count). The highest BCUT2D eigenvalue weighted by Gasteiger charge is 1.98. The molecule has 63 valence electrons. The summed E-state index contributed by atoms with van der Waals surface area (Å²) in [5, 5.41) is 5.22. The molecule has 1 radical (unpaired) electrons. The lowest BCUT2D eigenvalue weighted by Gasteiger charge is -1.96. The molecule has 0 amide bonds. The summed E-state index contributed by atoms with van der Waals surface area (Å²) in [6, 6.07) is 0. The van der Waals surface area contributed by atoms with Crippen LogP contribution >= 0.6 is 0 Å². The van der Waals surface area contributed by atoms with Crippen molar-refractivity contribution >= 4 is 6.29 Å². The van der Waals surface area contributed by atoms with Gasteiger partial charge in [-0.05, 0) is 0 Å². The fourth-order valence-electron chi connectivity index (χ4n) is 0.685. The van der Waals surface area contributed by atoms with Gasteiger partial charge in [-0.25, -0.2) is 5.10 Å². The number of aromatic amines is 1. The van der Waals surface area contributed by atoms with Gasteiger partial charge in [0.25, 0.3) is 0 Å². The Balaban J connectivity index is 3.00. The van der Waals surface area contributed by atoms with E-state index in [1.54, 1.807) is 0 Å². The summed E-state index contributed by atoms with van der Waals surface area (Å²) in [5.41, 5.74) is -1.55. The van der Waals surface area contributed by atoms with Crippen LogP contribution in [-0.4, -0.2) is 21.1 Å². The minimum atomic E-state index is -0.806. The van der Waals surface area contributed by atoms with Crippen molar-refractivity contribution in [3.05, 3.63) is 27.0 Å². The molecule has 0 spiro atoms. The molecule has 0 aromatic carbocycles. The molecule has 0 atom stereocenters. The van der Waals surface area contributed by atoms with Gasteiger partial charge >= 0.3 is 11.1 Å². The van der Waals surface area contributed by atoms with Crippen LogP contribution in [-0.2, 0) is 11.3 Å². The van der Waals surface area contributed by atoms with E-state index >= 15 is 0 Å². The number of aryl methyl sites for hydroxylation is 1. The van der Waals surface area contributed by atoms with Crippen LogP contribution in [0.25, 0.3) is 0 Å². The number of hydrogen-bond donors (Lipinski definition) is 1. The summed E-state index contributed by atoms with van der Waals surface area (Å²) in [6.45, 7) is 0.138. The Morgan fingerprint density at radius 1 is 1.58 bits per heavy atom. The van der Waals surface area contributed by atoms with E-state index < -0.39 is 11.1 Å². The van der Waals surface area contributed by atoms with Crippen molar-refractivity contribution in [2.45, 2.75) is 13.0 Å². The van der Waals surface area contributed by atoms with Gasteiger partial charge in [0.15, 0.2) is 0 Å². The fourth-order valence-corrected chi connectivity index (χ4v) is 0.685. The SMILES string of the molecule is O=CCCn1[c]n[nH]c(=O)c1=O. The molecule has 0 aliphatic heterocycles. The van der Waals surface area contributed by atoms with Crippen LogP contribution in [0.5, 0.6) is 0 Å². The molecule has 0 aliphatic carbocycles. The summed E-state index contributed by atoms with van der Waals surface area (Å²) in [7, 11) is 0. The molecule has 6 heteroatoms. The molecule has 0 saturated heterocycles. The highest BCUT2D eigenvalue weighted by molar-refractivity contribution is 5.48. The highest BCUT2D eigenvalue weighted by atomic mass is 16.2. The molecule has 6 nitrogen and oxygen atoms in total. The molecule has 1 aromatic rings. The summed E-state index contributed by atoms with van der Waals surface area (Å²) in [5.74, 6) is 0. The number of aldehydes is 1. The first-order valence-corrected chi connectivity index (χ1v) is 3.26. The Labute approximate surface area is 66.8 Å². The van der Waals surface area contributed by atoms with Gasteiger partial charge in [-0.15, -0.1) is 0 Å². The predicted octanol–water partition coefficient (Wildman–Crippen LogP) is -1.68. The third kappa shape index (κ3) is 1.66. The maximum atomic E-state index is 10.9. The van der Waals surface area contributed by atoms with Gasteiger partial charge in [-0.2, -0.15) is 5.10 Å². The third-order valence-corrected chi connectivity index (χ3v) is 1.24. The van der Waals surface area contributed by atoms with Crippen molar-refractivity contribution in [1.82, 2.24) is 14.8 Å². The van der Waals surface area contributed by atoms with Gasteiger partial charge in [-0.1, -0.05) is 0 Å². The first-order chi connectivity index (χ1) is 5.75. The van der Waals surface area contributed by atoms with Crippen LogP contribution in [0.4, 0.5) is 0 Å². The number of hydrogen-bond acceptors (Lipinski definition) is 4. The molecule has 1 heterocycles. The van der Waals surface area contributed by atoms with Crippen molar-refractivity contribution < 1.29 is 4.79 Å². The Morgan fingerprint density at radius 3 is 3.00 bits per heavy atom. The lowest BCUT2D eigenvalue weighted by molar-refractivity contribution is -0.108. The summed E-state index contributed by atoms with van der Waals surface area (Å²) in [6.07, 6.45) is 3.07. The molecular weight excluding hydrogens is 162 g/mol. The summed E-state index contributed by atoms with van der Waals surface area (Å²) < 4.78 is 0.966. The first-order valence-electron chi connectivity index (χ1n) is 3.26. The second kappa shape index (κ2) is 3.61. The molecule has 0 bridgehead atoms. The van der Waals surface area contributed by atoms with E-state index in [9.17, 15) is 14.4 Å². The van der Waals surface area contributed by atoms with Gasteiger partial charge in [-0.3, -0.25) is 14.2 Å². The predicted molar refractivity (Wildman–Crippen MR) is 38.6 cm³/mol. The maximum absolute atomic E-state index is 10.9. The third-order valence-electron chi connectivity index (χ3n) is 1.24. The Hall–Kier alpha value is -1.72. The summed E-state index contributed by atoms with van der Waals surface area (Å²) in [4.78, 5) is 31.5. The van der Waals surface area contributed by atoms with E-state index in [1.807, 2.05) is 5.10 Å². The zero-order valence-corrected chi connectivity index (χ0v) is 6.11. The molecule has 0 unspecified atom stereocenters. The van der Waals surface area contributed by atoms with Crippen LogP contribution in [0.1, 0.15) is 6.42 Å². The van der Waals surface area contributed by atoms with E-state index in [2.05, 4.69) is 11.4 Å². The van der Waals surface area contributed by atoms with Crippen LogP contribution in [0.15, 0.2) is 9.59 Å². The lowest BCUT2D eigenvalue weighted by Crippen LogP contribution is -2.37. The average Bonchev–Trinajstić information content (AvgIpc) is 2.08. The van der Waals surface area contributed by atoms with Crippen molar-refractivity contribution in [2.24, 2.45) is 0 Å². The lowest BCUT2D eigenvalue weighted by atomic mass is 10.5. The molecule has 0 aliphatic rings. The van der Waals surface area contributed by atoms with Crippen molar-refractivity contribution in [3.63, 3.8) is 0 Å². The average molecular weight is 168 g/mol. The first kappa shape index (κ1) is 8.38. The summed E-state index contributed by atoms with van der Waals surface area (Å²) >= 11 is 0.